The summed E-state index contributed by atoms with van der Waals surface area (Å²) < 4.78 is 11.1. The standard InChI is InChI=1S/C40H46N6O7/c1-26(2)18-34-40(51)45(16-17-52-3)24-36(47)42-33(19-27-8-5-4-6-9-27)38(49)44-35-23-46(39(50)29-14-12-28(21-41)13-15-29)22-32(35)30-10-7-11-31(20-30)53-25-37(48)43-34/h4-15,20,26,32-35H,16-19,22-25H2,1-3H3,(H,42,47)(H,43,48)(H,44,49)/t32-,33+,34-,35+/m1/s1. The van der Waals surface area contributed by atoms with E-state index in [1.165, 1.54) is 12.0 Å². The van der Waals surface area contributed by atoms with Crippen molar-refractivity contribution in [3.05, 3.63) is 101 Å². The van der Waals surface area contributed by atoms with Gasteiger partial charge in [-0.05, 0) is 59.9 Å². The van der Waals surface area contributed by atoms with Crippen LogP contribution in [0.15, 0.2) is 78.9 Å². The fourth-order valence-electron chi connectivity index (χ4n) is 6.68. The lowest BCUT2D eigenvalue weighted by Gasteiger charge is -2.29. The molecule has 1 fully saturated rings. The van der Waals surface area contributed by atoms with Gasteiger partial charge in [0.05, 0.1) is 30.8 Å². The Balaban J connectivity index is 1.50. The second kappa shape index (κ2) is 18.1. The highest BCUT2D eigenvalue weighted by Crippen LogP contribution is 2.31. The normalized spacial score (nSPS) is 21.3. The minimum absolute atomic E-state index is 0.0412. The summed E-state index contributed by atoms with van der Waals surface area (Å²) in [4.78, 5) is 71.8. The zero-order chi connectivity index (χ0) is 37.9. The van der Waals surface area contributed by atoms with E-state index < -0.39 is 41.8 Å². The number of likely N-dealkylation sites (tertiary alicyclic amines) is 1. The number of hydrogen-bond donors (Lipinski definition) is 3. The van der Waals surface area contributed by atoms with Crippen molar-refractivity contribution in [2.75, 3.05) is 46.5 Å². The van der Waals surface area contributed by atoms with Gasteiger partial charge < -0.3 is 35.2 Å². The monoisotopic (exact) mass is 722 g/mol. The van der Waals surface area contributed by atoms with Crippen molar-refractivity contribution in [1.29, 1.82) is 5.26 Å². The van der Waals surface area contributed by atoms with E-state index >= 15 is 0 Å². The van der Waals surface area contributed by atoms with Crippen molar-refractivity contribution in [3.63, 3.8) is 0 Å². The highest BCUT2D eigenvalue weighted by atomic mass is 16.5. The van der Waals surface area contributed by atoms with Crippen LogP contribution in [-0.2, 0) is 30.3 Å². The largest absolute Gasteiger partial charge is 0.484 e. The third-order valence-corrected chi connectivity index (χ3v) is 9.34. The number of methoxy groups -OCH3 is 1. The number of nitrogens with zero attached hydrogens (tertiary/aromatic N) is 3. The van der Waals surface area contributed by atoms with Gasteiger partial charge in [-0.15, -0.1) is 0 Å². The Morgan fingerprint density at radius 2 is 1.66 bits per heavy atom. The van der Waals surface area contributed by atoms with Crippen LogP contribution in [0.25, 0.3) is 0 Å². The molecular weight excluding hydrogens is 676 g/mol. The molecule has 13 heteroatoms. The van der Waals surface area contributed by atoms with Crippen molar-refractivity contribution < 1.29 is 33.4 Å². The first-order chi connectivity index (χ1) is 25.5. The summed E-state index contributed by atoms with van der Waals surface area (Å²) in [7, 11) is 1.49. The van der Waals surface area contributed by atoms with E-state index in [0.29, 0.717) is 23.3 Å². The van der Waals surface area contributed by atoms with Gasteiger partial charge in [0.2, 0.25) is 17.7 Å². The number of rotatable bonds is 8. The lowest BCUT2D eigenvalue weighted by Crippen LogP contribution is -2.56. The first-order valence-corrected chi connectivity index (χ1v) is 17.8. The molecule has 13 nitrogen and oxygen atoms in total. The summed E-state index contributed by atoms with van der Waals surface area (Å²) in [5.41, 5.74) is 2.42. The maximum absolute atomic E-state index is 14.2. The van der Waals surface area contributed by atoms with Crippen LogP contribution in [0, 0.1) is 17.2 Å². The Kier molecular flexibility index (Phi) is 13.2. The zero-order valence-corrected chi connectivity index (χ0v) is 30.2. The number of ether oxygens (including phenoxy) is 2. The SMILES string of the molecule is COCCN1CC(=O)N[C@@H](Cc2ccccc2)C(=O)N[C@H]2CN(C(=O)c3ccc(C#N)cc3)C[C@@H]2c2cccc(c2)OCC(=O)N[C@H](CC(C)C)C1=O. The number of carbonyl (C=O) groups is 5. The molecule has 4 atom stereocenters. The number of benzene rings is 3. The molecule has 278 valence electrons. The maximum Gasteiger partial charge on any atom is 0.258 e. The summed E-state index contributed by atoms with van der Waals surface area (Å²) >= 11 is 0. The number of nitriles is 1. The Bertz CT molecular complexity index is 1810. The lowest BCUT2D eigenvalue weighted by atomic mass is 9.93. The number of nitrogens with one attached hydrogen (secondary N) is 3. The first kappa shape index (κ1) is 38.5. The van der Waals surface area contributed by atoms with E-state index in [2.05, 4.69) is 22.0 Å². The molecule has 3 aromatic rings. The minimum atomic E-state index is -1.02. The highest BCUT2D eigenvalue weighted by molar-refractivity contribution is 5.95. The van der Waals surface area contributed by atoms with E-state index in [9.17, 15) is 29.2 Å². The third-order valence-electron chi connectivity index (χ3n) is 9.34. The van der Waals surface area contributed by atoms with Gasteiger partial charge in [-0.1, -0.05) is 56.3 Å². The van der Waals surface area contributed by atoms with Crippen molar-refractivity contribution in [2.45, 2.75) is 50.7 Å². The highest BCUT2D eigenvalue weighted by Gasteiger charge is 2.39. The fourth-order valence-corrected chi connectivity index (χ4v) is 6.68. The summed E-state index contributed by atoms with van der Waals surface area (Å²) in [6.07, 6.45) is 0.496. The van der Waals surface area contributed by atoms with Crippen LogP contribution in [0.4, 0.5) is 0 Å². The van der Waals surface area contributed by atoms with Crippen LogP contribution >= 0.6 is 0 Å². The predicted octanol–water partition coefficient (Wildman–Crippen LogP) is 2.41. The van der Waals surface area contributed by atoms with Gasteiger partial charge in [0.25, 0.3) is 11.8 Å². The van der Waals surface area contributed by atoms with Gasteiger partial charge in [-0.2, -0.15) is 5.26 Å². The van der Waals surface area contributed by atoms with Crippen LogP contribution in [0.1, 0.15) is 53.2 Å². The molecule has 2 aliphatic rings. The molecule has 0 spiro atoms. The van der Waals surface area contributed by atoms with Crippen molar-refractivity contribution in [1.82, 2.24) is 25.8 Å². The van der Waals surface area contributed by atoms with E-state index in [4.69, 9.17) is 9.47 Å². The second-order valence-electron chi connectivity index (χ2n) is 13.8. The molecule has 5 amide bonds. The molecule has 0 aromatic heterocycles. The van der Waals surface area contributed by atoms with Crippen LogP contribution in [-0.4, -0.2) is 104 Å². The van der Waals surface area contributed by atoms with Crippen LogP contribution < -0.4 is 20.7 Å². The molecule has 3 aromatic carbocycles. The maximum atomic E-state index is 14.2. The zero-order valence-electron chi connectivity index (χ0n) is 30.2. The molecule has 0 unspecified atom stereocenters. The predicted molar refractivity (Wildman–Crippen MR) is 196 cm³/mol. The Morgan fingerprint density at radius 1 is 0.925 bits per heavy atom. The summed E-state index contributed by atoms with van der Waals surface area (Å²) in [5.74, 6) is -2.14. The van der Waals surface area contributed by atoms with Crippen LogP contribution in [0.3, 0.4) is 0 Å². The Labute approximate surface area is 309 Å². The summed E-state index contributed by atoms with van der Waals surface area (Å²) in [6.45, 7) is 3.80. The first-order valence-electron chi connectivity index (χ1n) is 17.8. The molecule has 1 saturated heterocycles. The third kappa shape index (κ3) is 10.4. The molecule has 0 radical (unpaired) electrons. The summed E-state index contributed by atoms with van der Waals surface area (Å²) in [5, 5.41) is 18.0. The van der Waals surface area contributed by atoms with E-state index in [1.54, 1.807) is 47.4 Å². The number of carbonyl (C=O) groups excluding carboxylic acids is 5. The second-order valence-corrected chi connectivity index (χ2v) is 13.8. The molecule has 2 aliphatic heterocycles. The van der Waals surface area contributed by atoms with Gasteiger partial charge in [0.15, 0.2) is 6.61 Å². The number of amides is 5. The van der Waals surface area contributed by atoms with Gasteiger partial charge >= 0.3 is 0 Å². The van der Waals surface area contributed by atoms with Gasteiger partial charge in [-0.3, -0.25) is 24.0 Å². The molecule has 5 rings (SSSR count). The average molecular weight is 723 g/mol. The molecule has 0 saturated carbocycles. The smallest absolute Gasteiger partial charge is 0.258 e. The molecular formula is C40H46N6O7. The van der Waals surface area contributed by atoms with Crippen molar-refractivity contribution >= 4 is 29.5 Å². The van der Waals surface area contributed by atoms with Gasteiger partial charge in [0.1, 0.15) is 17.8 Å². The quantitative estimate of drug-likeness (QED) is 0.319. The van der Waals surface area contributed by atoms with E-state index in [1.807, 2.05) is 50.2 Å². The van der Waals surface area contributed by atoms with Crippen molar-refractivity contribution in [3.8, 4) is 11.8 Å². The van der Waals surface area contributed by atoms with Crippen molar-refractivity contribution in [2.24, 2.45) is 5.92 Å². The number of fused-ring (bicyclic) bond motifs is 4. The van der Waals surface area contributed by atoms with Gasteiger partial charge in [-0.25, -0.2) is 0 Å². The summed E-state index contributed by atoms with van der Waals surface area (Å²) in [6, 6.07) is 22.3. The Hall–Kier alpha value is -5.74. The molecule has 0 aliphatic carbocycles. The molecule has 53 heavy (non-hydrogen) atoms. The lowest BCUT2D eigenvalue weighted by molar-refractivity contribution is -0.141. The average Bonchev–Trinajstić information content (AvgIpc) is 3.58. The topological polar surface area (TPSA) is 170 Å². The molecule has 3 N–H and O–H groups in total. The van der Waals surface area contributed by atoms with Crippen LogP contribution in [0.5, 0.6) is 5.75 Å². The molecule has 2 bridgehead atoms. The molecule has 2 heterocycles. The van der Waals surface area contributed by atoms with E-state index in [-0.39, 0.29) is 63.6 Å². The van der Waals surface area contributed by atoms with Crippen LogP contribution in [0.2, 0.25) is 0 Å². The van der Waals surface area contributed by atoms with E-state index in [0.717, 1.165) is 11.1 Å². The van der Waals surface area contributed by atoms with Gasteiger partial charge in [0, 0.05) is 44.6 Å². The Morgan fingerprint density at radius 3 is 2.36 bits per heavy atom. The number of hydrogen-bond acceptors (Lipinski definition) is 8. The minimum Gasteiger partial charge on any atom is -0.484 e. The fraction of sp³-hybridized carbons (Fsp3) is 0.400.